The number of likely N-dealkylation sites (N-methyl/N-ethyl adjacent to an activating group) is 1. The lowest BCUT2D eigenvalue weighted by Crippen LogP contribution is -2.36. The van der Waals surface area contributed by atoms with Gasteiger partial charge in [0.2, 0.25) is 17.0 Å². The molecule has 9 nitrogen and oxygen atoms in total. The molecule has 1 aliphatic carbocycles. The van der Waals surface area contributed by atoms with Crippen molar-refractivity contribution in [1.29, 1.82) is 0 Å². The van der Waals surface area contributed by atoms with E-state index < -0.39 is 0 Å². The summed E-state index contributed by atoms with van der Waals surface area (Å²) in [7, 11) is 3.19. The first-order valence-corrected chi connectivity index (χ1v) is 10.1. The lowest BCUT2D eigenvalue weighted by Gasteiger charge is -2.17. The molecule has 1 N–H and O–H groups in total. The van der Waals surface area contributed by atoms with Gasteiger partial charge in [-0.15, -0.1) is 5.10 Å². The first-order valence-electron chi connectivity index (χ1n) is 9.15. The fraction of sp³-hybridized carbons (Fsp3) is 0.500. The molecule has 2 aromatic rings. The standard InChI is InChI=1S/C18H24N6O3S/c1-23(11-16(25)19-13-7-9-15(27-2)10-8-13)17(26)12-28-18-20-21-22-24(18)14-5-3-4-6-14/h7-10,14H,3-6,11-12H2,1-2H3,(H,19,25). The van der Waals surface area contributed by atoms with Crippen molar-refractivity contribution in [2.75, 3.05) is 31.8 Å². The summed E-state index contributed by atoms with van der Waals surface area (Å²) in [5, 5.41) is 15.2. The molecule has 0 unspecified atom stereocenters. The molecule has 28 heavy (non-hydrogen) atoms. The van der Waals surface area contributed by atoms with Crippen LogP contribution in [0.2, 0.25) is 0 Å². The molecule has 1 aromatic heterocycles. The number of aromatic nitrogens is 4. The van der Waals surface area contributed by atoms with Crippen LogP contribution in [0.3, 0.4) is 0 Å². The predicted molar refractivity (Wildman–Crippen MR) is 105 cm³/mol. The van der Waals surface area contributed by atoms with Crippen LogP contribution in [0, 0.1) is 0 Å². The number of amides is 2. The summed E-state index contributed by atoms with van der Waals surface area (Å²) in [6, 6.07) is 7.33. The van der Waals surface area contributed by atoms with Crippen LogP contribution in [0.5, 0.6) is 5.75 Å². The van der Waals surface area contributed by atoms with Gasteiger partial charge in [0.1, 0.15) is 5.75 Å². The van der Waals surface area contributed by atoms with Gasteiger partial charge in [-0.25, -0.2) is 4.68 Å². The summed E-state index contributed by atoms with van der Waals surface area (Å²) >= 11 is 1.30. The van der Waals surface area contributed by atoms with Gasteiger partial charge < -0.3 is 15.0 Å². The van der Waals surface area contributed by atoms with Crippen molar-refractivity contribution < 1.29 is 14.3 Å². The number of ether oxygens (including phenoxy) is 1. The highest BCUT2D eigenvalue weighted by molar-refractivity contribution is 7.99. The predicted octanol–water partition coefficient (Wildman–Crippen LogP) is 1.99. The molecule has 1 aliphatic rings. The third-order valence-corrected chi connectivity index (χ3v) is 5.56. The molecule has 1 fully saturated rings. The van der Waals surface area contributed by atoms with E-state index in [1.165, 1.54) is 29.5 Å². The Morgan fingerprint density at radius 2 is 2.00 bits per heavy atom. The average molecular weight is 404 g/mol. The Labute approximate surface area is 167 Å². The number of methoxy groups -OCH3 is 1. The normalized spacial score (nSPS) is 14.1. The zero-order chi connectivity index (χ0) is 19.9. The van der Waals surface area contributed by atoms with Crippen molar-refractivity contribution in [2.24, 2.45) is 0 Å². The summed E-state index contributed by atoms with van der Waals surface area (Å²) in [5.74, 6) is 0.472. The Balaban J connectivity index is 1.46. The second-order valence-corrected chi connectivity index (χ2v) is 7.60. The van der Waals surface area contributed by atoms with Crippen LogP contribution in [0.1, 0.15) is 31.7 Å². The molecular weight excluding hydrogens is 380 g/mol. The van der Waals surface area contributed by atoms with E-state index in [9.17, 15) is 9.59 Å². The van der Waals surface area contributed by atoms with Crippen molar-refractivity contribution >= 4 is 29.3 Å². The highest BCUT2D eigenvalue weighted by Crippen LogP contribution is 2.31. The lowest BCUT2D eigenvalue weighted by molar-refractivity contribution is -0.131. The fourth-order valence-corrected chi connectivity index (χ4v) is 3.96. The minimum atomic E-state index is -0.262. The van der Waals surface area contributed by atoms with Crippen LogP contribution in [-0.4, -0.2) is 63.4 Å². The van der Waals surface area contributed by atoms with Gasteiger partial charge in [-0.3, -0.25) is 9.59 Å². The fourth-order valence-electron chi connectivity index (χ4n) is 3.07. The molecule has 3 rings (SSSR count). The Morgan fingerprint density at radius 1 is 1.29 bits per heavy atom. The molecule has 0 bridgehead atoms. The van der Waals surface area contributed by atoms with E-state index in [2.05, 4.69) is 20.8 Å². The Kier molecular flexibility index (Phi) is 6.85. The van der Waals surface area contributed by atoms with Crippen LogP contribution in [0.4, 0.5) is 5.69 Å². The molecule has 0 radical (unpaired) electrons. The van der Waals surface area contributed by atoms with Crippen LogP contribution < -0.4 is 10.1 Å². The smallest absolute Gasteiger partial charge is 0.243 e. The van der Waals surface area contributed by atoms with Gasteiger partial charge in [0.25, 0.3) is 0 Å². The zero-order valence-electron chi connectivity index (χ0n) is 16.0. The number of benzene rings is 1. The summed E-state index contributed by atoms with van der Waals surface area (Å²) in [6.07, 6.45) is 4.50. The lowest BCUT2D eigenvalue weighted by atomic mass is 10.3. The van der Waals surface area contributed by atoms with Crippen molar-refractivity contribution in [3.8, 4) is 5.75 Å². The first kappa shape index (κ1) is 20.1. The van der Waals surface area contributed by atoms with Gasteiger partial charge in [0.15, 0.2) is 0 Å². The van der Waals surface area contributed by atoms with Gasteiger partial charge >= 0.3 is 0 Å². The third-order valence-electron chi connectivity index (χ3n) is 4.64. The number of carbonyl (C=O) groups excluding carboxylic acids is 2. The largest absolute Gasteiger partial charge is 0.497 e. The molecule has 1 aromatic carbocycles. The van der Waals surface area contributed by atoms with Crippen LogP contribution >= 0.6 is 11.8 Å². The number of nitrogens with zero attached hydrogens (tertiary/aromatic N) is 5. The minimum absolute atomic E-state index is 0.0288. The molecule has 1 heterocycles. The Bertz CT molecular complexity index is 804. The van der Waals surface area contributed by atoms with E-state index >= 15 is 0 Å². The number of rotatable bonds is 8. The third kappa shape index (κ3) is 5.22. The average Bonchev–Trinajstić information content (AvgIpc) is 3.37. The molecule has 150 valence electrons. The highest BCUT2D eigenvalue weighted by Gasteiger charge is 2.22. The van der Waals surface area contributed by atoms with Crippen molar-refractivity contribution in [1.82, 2.24) is 25.1 Å². The van der Waals surface area contributed by atoms with Crippen molar-refractivity contribution in [2.45, 2.75) is 36.9 Å². The molecule has 0 saturated heterocycles. The van der Waals surface area contributed by atoms with E-state index in [4.69, 9.17) is 4.74 Å². The highest BCUT2D eigenvalue weighted by atomic mass is 32.2. The topological polar surface area (TPSA) is 102 Å². The Morgan fingerprint density at radius 3 is 2.68 bits per heavy atom. The summed E-state index contributed by atoms with van der Waals surface area (Å²) in [6.45, 7) is -0.0288. The Hall–Kier alpha value is -2.62. The van der Waals surface area contributed by atoms with E-state index in [1.807, 2.05) is 4.68 Å². The monoisotopic (exact) mass is 404 g/mol. The number of nitrogens with one attached hydrogen (secondary N) is 1. The maximum absolute atomic E-state index is 12.4. The zero-order valence-corrected chi connectivity index (χ0v) is 16.8. The summed E-state index contributed by atoms with van der Waals surface area (Å²) in [5.41, 5.74) is 0.650. The second kappa shape index (κ2) is 9.54. The molecule has 0 aliphatic heterocycles. The van der Waals surface area contributed by atoms with E-state index in [0.29, 0.717) is 22.6 Å². The van der Waals surface area contributed by atoms with Crippen molar-refractivity contribution in [3.63, 3.8) is 0 Å². The van der Waals surface area contributed by atoms with E-state index in [1.54, 1.807) is 38.4 Å². The molecule has 2 amide bonds. The van der Waals surface area contributed by atoms with Crippen LogP contribution in [-0.2, 0) is 9.59 Å². The summed E-state index contributed by atoms with van der Waals surface area (Å²) in [4.78, 5) is 25.9. The number of hydrogen-bond acceptors (Lipinski definition) is 7. The van der Waals surface area contributed by atoms with E-state index in [0.717, 1.165) is 12.8 Å². The van der Waals surface area contributed by atoms with Gasteiger partial charge in [0, 0.05) is 12.7 Å². The molecule has 1 saturated carbocycles. The SMILES string of the molecule is COc1ccc(NC(=O)CN(C)C(=O)CSc2nnnn2C2CCCC2)cc1. The first-order chi connectivity index (χ1) is 13.6. The van der Waals surface area contributed by atoms with Crippen molar-refractivity contribution in [3.05, 3.63) is 24.3 Å². The number of carbonyl (C=O) groups is 2. The molecule has 0 spiro atoms. The number of thioether (sulfide) groups is 1. The number of anilines is 1. The van der Waals surface area contributed by atoms with Gasteiger partial charge in [-0.2, -0.15) is 0 Å². The second-order valence-electron chi connectivity index (χ2n) is 6.66. The quantitative estimate of drug-likeness (QED) is 0.671. The number of hydrogen-bond donors (Lipinski definition) is 1. The molecular formula is C18H24N6O3S. The van der Waals surface area contributed by atoms with Gasteiger partial charge in [0.05, 0.1) is 25.4 Å². The molecule has 0 atom stereocenters. The van der Waals surface area contributed by atoms with Gasteiger partial charge in [-0.1, -0.05) is 24.6 Å². The molecule has 10 heteroatoms. The van der Waals surface area contributed by atoms with E-state index in [-0.39, 0.29) is 24.1 Å². The van der Waals surface area contributed by atoms with Crippen LogP contribution in [0.15, 0.2) is 29.4 Å². The maximum Gasteiger partial charge on any atom is 0.243 e. The van der Waals surface area contributed by atoms with Gasteiger partial charge in [-0.05, 0) is 47.5 Å². The number of tetrazole rings is 1. The minimum Gasteiger partial charge on any atom is -0.497 e. The summed E-state index contributed by atoms with van der Waals surface area (Å²) < 4.78 is 6.91. The maximum atomic E-state index is 12.4. The van der Waals surface area contributed by atoms with Crippen LogP contribution in [0.25, 0.3) is 0 Å².